The van der Waals surface area contributed by atoms with Gasteiger partial charge in [0, 0.05) is 0 Å². The maximum atomic E-state index is 12.6. The van der Waals surface area contributed by atoms with E-state index >= 15 is 0 Å². The summed E-state index contributed by atoms with van der Waals surface area (Å²) in [6, 6.07) is 11.2. The maximum absolute atomic E-state index is 12.6. The summed E-state index contributed by atoms with van der Waals surface area (Å²) >= 11 is 0. The van der Waals surface area contributed by atoms with E-state index in [1.807, 2.05) is 69.5 Å². The lowest BCUT2D eigenvalue weighted by Crippen LogP contribution is -2.38. The van der Waals surface area contributed by atoms with Crippen LogP contribution < -0.4 is 4.74 Å². The van der Waals surface area contributed by atoms with Crippen LogP contribution in [0.15, 0.2) is 36.4 Å². The summed E-state index contributed by atoms with van der Waals surface area (Å²) in [5.74, 6) is -0.745. The topological polar surface area (TPSA) is 59.1 Å². The number of unbranched alkanes of at least 4 members (excludes halogenated alkanes) is 1. The SMILES string of the molecule is COc1ccc2cc([C@H](C)C(=O)OC(=O)C(CCCCN(C)C)N(C)C)ccc2c1. The molecular formula is C24H34N2O4. The predicted octanol–water partition coefficient (Wildman–Crippen LogP) is 3.68. The Balaban J connectivity index is 2.02. The molecule has 164 valence electrons. The van der Waals surface area contributed by atoms with E-state index in [-0.39, 0.29) is 0 Å². The highest BCUT2D eigenvalue weighted by atomic mass is 16.6. The first-order valence-electron chi connectivity index (χ1n) is 10.4. The molecule has 2 atom stereocenters. The van der Waals surface area contributed by atoms with Gasteiger partial charge in [-0.2, -0.15) is 0 Å². The Morgan fingerprint density at radius 2 is 1.60 bits per heavy atom. The van der Waals surface area contributed by atoms with E-state index in [1.165, 1.54) is 0 Å². The number of nitrogens with zero attached hydrogens (tertiary/aromatic N) is 2. The van der Waals surface area contributed by atoms with Crippen molar-refractivity contribution < 1.29 is 19.1 Å². The zero-order valence-corrected chi connectivity index (χ0v) is 19.0. The van der Waals surface area contributed by atoms with Gasteiger partial charge in [0.1, 0.15) is 11.8 Å². The number of rotatable bonds is 10. The van der Waals surface area contributed by atoms with E-state index in [0.29, 0.717) is 6.42 Å². The van der Waals surface area contributed by atoms with Crippen molar-refractivity contribution in [3.63, 3.8) is 0 Å². The Morgan fingerprint density at radius 3 is 2.23 bits per heavy atom. The molecule has 0 N–H and O–H groups in total. The summed E-state index contributed by atoms with van der Waals surface area (Å²) in [5.41, 5.74) is 0.817. The van der Waals surface area contributed by atoms with Crippen LogP contribution in [0.3, 0.4) is 0 Å². The van der Waals surface area contributed by atoms with Gasteiger partial charge in [-0.25, -0.2) is 4.79 Å². The fourth-order valence-electron chi connectivity index (χ4n) is 3.38. The number of ether oxygens (including phenoxy) is 2. The fourth-order valence-corrected chi connectivity index (χ4v) is 3.38. The summed E-state index contributed by atoms with van der Waals surface area (Å²) in [7, 11) is 9.36. The van der Waals surface area contributed by atoms with Crippen LogP contribution in [0.5, 0.6) is 5.75 Å². The number of methoxy groups -OCH3 is 1. The molecule has 0 aliphatic carbocycles. The van der Waals surface area contributed by atoms with Gasteiger partial charge in [0.2, 0.25) is 0 Å². The zero-order chi connectivity index (χ0) is 22.3. The average Bonchev–Trinajstić information content (AvgIpc) is 2.71. The molecule has 1 unspecified atom stereocenters. The molecule has 2 rings (SSSR count). The van der Waals surface area contributed by atoms with E-state index < -0.39 is 23.9 Å². The monoisotopic (exact) mass is 414 g/mol. The van der Waals surface area contributed by atoms with Gasteiger partial charge in [0.05, 0.1) is 13.0 Å². The average molecular weight is 415 g/mol. The largest absolute Gasteiger partial charge is 0.497 e. The van der Waals surface area contributed by atoms with E-state index in [2.05, 4.69) is 4.90 Å². The molecule has 2 aromatic carbocycles. The number of fused-ring (bicyclic) bond motifs is 1. The van der Waals surface area contributed by atoms with Gasteiger partial charge in [-0.15, -0.1) is 0 Å². The zero-order valence-electron chi connectivity index (χ0n) is 19.0. The van der Waals surface area contributed by atoms with Crippen LogP contribution in [0.2, 0.25) is 0 Å². The Morgan fingerprint density at radius 1 is 0.933 bits per heavy atom. The van der Waals surface area contributed by atoms with Crippen molar-refractivity contribution in [2.75, 3.05) is 41.8 Å². The van der Waals surface area contributed by atoms with Crippen LogP contribution in [0.1, 0.15) is 37.7 Å². The van der Waals surface area contributed by atoms with Crippen LogP contribution in [0.25, 0.3) is 10.8 Å². The van der Waals surface area contributed by atoms with Gasteiger partial charge < -0.3 is 14.4 Å². The Hall–Kier alpha value is -2.44. The van der Waals surface area contributed by atoms with Gasteiger partial charge in [0.25, 0.3) is 0 Å². The lowest BCUT2D eigenvalue weighted by molar-refractivity contribution is -0.164. The van der Waals surface area contributed by atoms with Crippen molar-refractivity contribution >= 4 is 22.7 Å². The van der Waals surface area contributed by atoms with Gasteiger partial charge in [0.15, 0.2) is 0 Å². The molecule has 0 aliphatic heterocycles. The van der Waals surface area contributed by atoms with Crippen molar-refractivity contribution in [2.24, 2.45) is 0 Å². The predicted molar refractivity (Wildman–Crippen MR) is 120 cm³/mol. The fraction of sp³-hybridized carbons (Fsp3) is 0.500. The second kappa shape index (κ2) is 11.1. The molecule has 0 saturated carbocycles. The summed E-state index contributed by atoms with van der Waals surface area (Å²) in [6.45, 7) is 2.74. The first-order valence-corrected chi connectivity index (χ1v) is 10.4. The molecule has 6 nitrogen and oxygen atoms in total. The highest BCUT2D eigenvalue weighted by Crippen LogP contribution is 2.26. The molecule has 0 fully saturated rings. The van der Waals surface area contributed by atoms with Gasteiger partial charge in [-0.05, 0) is 83.0 Å². The number of likely N-dealkylation sites (N-methyl/N-ethyl adjacent to an activating group) is 1. The highest BCUT2D eigenvalue weighted by Gasteiger charge is 2.27. The van der Waals surface area contributed by atoms with Crippen LogP contribution >= 0.6 is 0 Å². The second-order valence-electron chi connectivity index (χ2n) is 8.21. The van der Waals surface area contributed by atoms with E-state index in [0.717, 1.165) is 41.5 Å². The van der Waals surface area contributed by atoms with Gasteiger partial charge in [-0.1, -0.05) is 30.7 Å². The van der Waals surface area contributed by atoms with E-state index in [9.17, 15) is 9.59 Å². The van der Waals surface area contributed by atoms with Crippen molar-refractivity contribution in [2.45, 2.75) is 38.1 Å². The van der Waals surface area contributed by atoms with Crippen molar-refractivity contribution in [3.05, 3.63) is 42.0 Å². The van der Waals surface area contributed by atoms with Crippen LogP contribution in [0.4, 0.5) is 0 Å². The number of carbonyl (C=O) groups excluding carboxylic acids is 2. The molecule has 6 heteroatoms. The van der Waals surface area contributed by atoms with E-state index in [4.69, 9.17) is 9.47 Å². The Kier molecular flexibility index (Phi) is 8.81. The lowest BCUT2D eigenvalue weighted by Gasteiger charge is -2.23. The summed E-state index contributed by atoms with van der Waals surface area (Å²) < 4.78 is 10.5. The second-order valence-corrected chi connectivity index (χ2v) is 8.21. The van der Waals surface area contributed by atoms with Crippen molar-refractivity contribution in [1.29, 1.82) is 0 Å². The molecule has 0 radical (unpaired) electrons. The number of hydrogen-bond acceptors (Lipinski definition) is 6. The highest BCUT2D eigenvalue weighted by molar-refractivity contribution is 5.92. The van der Waals surface area contributed by atoms with Crippen LogP contribution in [-0.2, 0) is 14.3 Å². The minimum atomic E-state index is -0.531. The summed E-state index contributed by atoms with van der Waals surface area (Å²) in [5, 5.41) is 2.03. The third-order valence-electron chi connectivity index (χ3n) is 5.35. The van der Waals surface area contributed by atoms with Gasteiger partial charge in [-0.3, -0.25) is 9.69 Å². The molecule has 0 aliphatic rings. The Bertz CT molecular complexity index is 863. The molecule has 0 aromatic heterocycles. The van der Waals surface area contributed by atoms with Gasteiger partial charge >= 0.3 is 11.9 Å². The van der Waals surface area contributed by atoms with Crippen LogP contribution in [-0.4, -0.2) is 69.6 Å². The minimum Gasteiger partial charge on any atom is -0.497 e. The third-order valence-corrected chi connectivity index (χ3v) is 5.35. The molecule has 30 heavy (non-hydrogen) atoms. The number of carbonyl (C=O) groups is 2. The minimum absolute atomic E-state index is 0.424. The van der Waals surface area contributed by atoms with Crippen molar-refractivity contribution in [3.8, 4) is 5.75 Å². The van der Waals surface area contributed by atoms with Crippen LogP contribution in [0, 0.1) is 0 Å². The smallest absolute Gasteiger partial charge is 0.330 e. The molecule has 2 aromatic rings. The first-order chi connectivity index (χ1) is 14.2. The maximum Gasteiger partial charge on any atom is 0.330 e. The Labute approximate surface area is 179 Å². The lowest BCUT2D eigenvalue weighted by atomic mass is 9.97. The van der Waals surface area contributed by atoms with E-state index in [1.54, 1.807) is 14.0 Å². The molecule has 0 heterocycles. The standard InChI is InChI=1S/C24H34N2O4/c1-17(18-10-11-20-16-21(29-6)13-12-19(20)15-18)23(27)30-24(28)22(26(4)5)9-7-8-14-25(2)3/h10-13,15-17,22H,7-9,14H2,1-6H3/t17-,22?/m0/s1. The van der Waals surface area contributed by atoms with Crippen molar-refractivity contribution in [1.82, 2.24) is 9.80 Å². The molecule has 0 amide bonds. The number of esters is 2. The molecule has 0 saturated heterocycles. The quantitative estimate of drug-likeness (QED) is 0.336. The first kappa shape index (κ1) is 23.8. The molecule has 0 bridgehead atoms. The normalized spacial score (nSPS) is 13.5. The summed E-state index contributed by atoms with van der Waals surface area (Å²) in [4.78, 5) is 29.2. The number of benzene rings is 2. The third kappa shape index (κ3) is 6.54. The summed E-state index contributed by atoms with van der Waals surface area (Å²) in [6.07, 6.45) is 2.56. The number of hydrogen-bond donors (Lipinski definition) is 0. The molecular weight excluding hydrogens is 380 g/mol. The molecule has 0 spiro atoms.